The molecule has 0 atom stereocenters. The van der Waals surface area contributed by atoms with Crippen LogP contribution in [0, 0.1) is 0 Å². The minimum atomic E-state index is -3.41. The van der Waals surface area contributed by atoms with E-state index in [1.807, 2.05) is 6.07 Å². The Hall–Kier alpha value is -0.980. The first-order valence-corrected chi connectivity index (χ1v) is 8.36. The predicted octanol–water partition coefficient (Wildman–Crippen LogP) is 2.78. The van der Waals surface area contributed by atoms with E-state index in [1.165, 1.54) is 0 Å². The number of hydrogen-bond acceptors (Lipinski definition) is 3. The van der Waals surface area contributed by atoms with Crippen LogP contribution in [0.2, 0.25) is 0 Å². The van der Waals surface area contributed by atoms with Crippen molar-refractivity contribution in [2.75, 3.05) is 13.1 Å². The summed E-state index contributed by atoms with van der Waals surface area (Å²) < 4.78 is 27.6. The van der Waals surface area contributed by atoms with Gasteiger partial charge in [-0.1, -0.05) is 12.1 Å². The Kier molecular flexibility index (Phi) is 3.32. The van der Waals surface area contributed by atoms with Gasteiger partial charge in [-0.2, -0.15) is 4.31 Å². The maximum Gasteiger partial charge on any atom is 0.243 e. The molecular formula is C13H13BrN2O2S. The summed E-state index contributed by atoms with van der Waals surface area (Å²) in [4.78, 5) is 4.44. The van der Waals surface area contributed by atoms with Crippen molar-refractivity contribution >= 4 is 36.7 Å². The zero-order valence-electron chi connectivity index (χ0n) is 10.2. The van der Waals surface area contributed by atoms with E-state index in [0.29, 0.717) is 27.8 Å². The van der Waals surface area contributed by atoms with Gasteiger partial charge in [-0.15, -0.1) is 0 Å². The number of sulfonamides is 1. The van der Waals surface area contributed by atoms with Crippen LogP contribution < -0.4 is 0 Å². The lowest BCUT2D eigenvalue weighted by atomic mass is 10.2. The number of halogens is 1. The highest BCUT2D eigenvalue weighted by Gasteiger charge is 2.29. The van der Waals surface area contributed by atoms with E-state index >= 15 is 0 Å². The molecular weight excluding hydrogens is 328 g/mol. The van der Waals surface area contributed by atoms with Crippen molar-refractivity contribution < 1.29 is 8.42 Å². The van der Waals surface area contributed by atoms with Crippen molar-refractivity contribution in [3.63, 3.8) is 0 Å². The molecule has 4 nitrogen and oxygen atoms in total. The minimum Gasteiger partial charge on any atom is -0.263 e. The molecule has 0 N–H and O–H groups in total. The van der Waals surface area contributed by atoms with Crippen LogP contribution in [-0.2, 0) is 10.0 Å². The molecule has 0 radical (unpaired) electrons. The van der Waals surface area contributed by atoms with E-state index < -0.39 is 10.0 Å². The number of aromatic nitrogens is 1. The summed E-state index contributed by atoms with van der Waals surface area (Å²) in [5, 5.41) is 1.54. The molecule has 2 heterocycles. The summed E-state index contributed by atoms with van der Waals surface area (Å²) in [6, 6.07) is 5.30. The third-order valence-corrected chi connectivity index (χ3v) is 5.92. The summed E-state index contributed by atoms with van der Waals surface area (Å²) in [6.07, 6.45) is 5.19. The van der Waals surface area contributed by atoms with Crippen molar-refractivity contribution in [2.24, 2.45) is 0 Å². The largest absolute Gasteiger partial charge is 0.263 e. The molecule has 2 aromatic rings. The summed E-state index contributed by atoms with van der Waals surface area (Å²) in [6.45, 7) is 1.23. The average molecular weight is 341 g/mol. The number of pyridine rings is 1. The second kappa shape index (κ2) is 4.85. The summed E-state index contributed by atoms with van der Waals surface area (Å²) in [7, 11) is -3.41. The van der Waals surface area contributed by atoms with E-state index in [1.54, 1.807) is 28.8 Å². The van der Waals surface area contributed by atoms with Gasteiger partial charge in [-0.25, -0.2) is 8.42 Å². The minimum absolute atomic E-state index is 0.362. The first-order chi connectivity index (χ1) is 9.10. The van der Waals surface area contributed by atoms with Crippen LogP contribution in [0.15, 0.2) is 40.0 Å². The fourth-order valence-corrected chi connectivity index (χ4v) is 4.89. The van der Waals surface area contributed by atoms with Crippen LogP contribution in [0.3, 0.4) is 0 Å². The van der Waals surface area contributed by atoms with E-state index in [9.17, 15) is 8.42 Å². The van der Waals surface area contributed by atoms with Crippen LogP contribution in [0.4, 0.5) is 0 Å². The van der Waals surface area contributed by atoms with Gasteiger partial charge in [0.05, 0.1) is 4.90 Å². The SMILES string of the molecule is O=S(=O)(c1cccc2cncc(Br)c12)N1CCCC1. The molecule has 1 aliphatic rings. The zero-order chi connectivity index (χ0) is 13.5. The number of benzene rings is 1. The molecule has 1 saturated heterocycles. The van der Waals surface area contributed by atoms with Crippen molar-refractivity contribution in [3.8, 4) is 0 Å². The van der Waals surface area contributed by atoms with Crippen molar-refractivity contribution in [3.05, 3.63) is 35.1 Å². The lowest BCUT2D eigenvalue weighted by Gasteiger charge is -2.17. The molecule has 1 aromatic carbocycles. The highest BCUT2D eigenvalue weighted by atomic mass is 79.9. The Labute approximate surface area is 120 Å². The smallest absolute Gasteiger partial charge is 0.243 e. The van der Waals surface area contributed by atoms with Gasteiger partial charge >= 0.3 is 0 Å². The number of nitrogens with zero attached hydrogens (tertiary/aromatic N) is 2. The van der Waals surface area contributed by atoms with E-state index in [2.05, 4.69) is 20.9 Å². The normalized spacial score (nSPS) is 17.1. The second-order valence-electron chi connectivity index (χ2n) is 4.59. The molecule has 1 aliphatic heterocycles. The van der Waals surface area contributed by atoms with Crippen LogP contribution in [0.1, 0.15) is 12.8 Å². The quantitative estimate of drug-likeness (QED) is 0.844. The number of fused-ring (bicyclic) bond motifs is 1. The Bertz CT molecular complexity index is 719. The van der Waals surface area contributed by atoms with Gasteiger partial charge in [0.2, 0.25) is 10.0 Å². The average Bonchev–Trinajstić information content (AvgIpc) is 2.93. The van der Waals surface area contributed by atoms with Gasteiger partial charge in [0.1, 0.15) is 0 Å². The maximum atomic E-state index is 12.7. The Morgan fingerprint density at radius 2 is 1.89 bits per heavy atom. The second-order valence-corrected chi connectivity index (χ2v) is 7.35. The first-order valence-electron chi connectivity index (χ1n) is 6.13. The van der Waals surface area contributed by atoms with E-state index in [4.69, 9.17) is 0 Å². The molecule has 0 saturated carbocycles. The standard InChI is InChI=1S/C13H13BrN2O2S/c14-11-9-15-8-10-4-3-5-12(13(10)11)19(17,18)16-6-1-2-7-16/h3-5,8-9H,1-2,6-7H2. The fraction of sp³-hybridized carbons (Fsp3) is 0.308. The van der Waals surface area contributed by atoms with Gasteiger partial charge < -0.3 is 0 Å². The third kappa shape index (κ3) is 2.17. The molecule has 1 fully saturated rings. The molecule has 3 rings (SSSR count). The highest BCUT2D eigenvalue weighted by molar-refractivity contribution is 9.10. The van der Waals surface area contributed by atoms with Gasteiger partial charge in [0, 0.05) is 40.7 Å². The molecule has 6 heteroatoms. The molecule has 1 aromatic heterocycles. The monoisotopic (exact) mass is 340 g/mol. The zero-order valence-corrected chi connectivity index (χ0v) is 12.6. The maximum absolute atomic E-state index is 12.7. The van der Waals surface area contributed by atoms with Gasteiger partial charge in [0.15, 0.2) is 0 Å². The Balaban J connectivity index is 2.25. The molecule has 0 unspecified atom stereocenters. The molecule has 0 aliphatic carbocycles. The predicted molar refractivity (Wildman–Crippen MR) is 77.4 cm³/mol. The number of hydrogen-bond donors (Lipinski definition) is 0. The van der Waals surface area contributed by atoms with Gasteiger partial charge in [-0.3, -0.25) is 4.98 Å². The summed E-state index contributed by atoms with van der Waals surface area (Å²) >= 11 is 3.40. The topological polar surface area (TPSA) is 50.3 Å². The third-order valence-electron chi connectivity index (χ3n) is 3.38. The summed E-state index contributed by atoms with van der Waals surface area (Å²) in [5.74, 6) is 0. The van der Waals surface area contributed by atoms with Gasteiger partial charge in [0.25, 0.3) is 0 Å². The lowest BCUT2D eigenvalue weighted by molar-refractivity contribution is 0.478. The molecule has 100 valence electrons. The molecule has 0 amide bonds. The molecule has 0 spiro atoms. The fourth-order valence-electron chi connectivity index (χ4n) is 2.44. The van der Waals surface area contributed by atoms with Crippen molar-refractivity contribution in [1.29, 1.82) is 0 Å². The summed E-state index contributed by atoms with van der Waals surface area (Å²) in [5.41, 5.74) is 0. The van der Waals surface area contributed by atoms with Gasteiger partial charge in [-0.05, 0) is 34.8 Å². The lowest BCUT2D eigenvalue weighted by Crippen LogP contribution is -2.28. The molecule has 0 bridgehead atoms. The Morgan fingerprint density at radius 3 is 2.63 bits per heavy atom. The van der Waals surface area contributed by atoms with Crippen LogP contribution in [0.5, 0.6) is 0 Å². The van der Waals surface area contributed by atoms with E-state index in [-0.39, 0.29) is 0 Å². The highest BCUT2D eigenvalue weighted by Crippen LogP contribution is 2.32. The van der Waals surface area contributed by atoms with Crippen LogP contribution >= 0.6 is 15.9 Å². The van der Waals surface area contributed by atoms with Crippen molar-refractivity contribution in [1.82, 2.24) is 9.29 Å². The Morgan fingerprint density at radius 1 is 1.16 bits per heavy atom. The van der Waals surface area contributed by atoms with Crippen LogP contribution in [0.25, 0.3) is 10.8 Å². The van der Waals surface area contributed by atoms with Crippen LogP contribution in [-0.4, -0.2) is 30.8 Å². The first kappa shape index (κ1) is 13.0. The number of rotatable bonds is 2. The van der Waals surface area contributed by atoms with E-state index in [0.717, 1.165) is 18.2 Å². The molecule has 19 heavy (non-hydrogen) atoms. The van der Waals surface area contributed by atoms with Crippen molar-refractivity contribution in [2.45, 2.75) is 17.7 Å².